The lowest BCUT2D eigenvalue weighted by Gasteiger charge is -2.31. The largest absolute Gasteiger partial charge is 0.508 e. The molecule has 2 aliphatic rings. The van der Waals surface area contributed by atoms with Gasteiger partial charge in [0.15, 0.2) is 0 Å². The van der Waals surface area contributed by atoms with E-state index in [1.54, 1.807) is 26.0 Å². The first-order chi connectivity index (χ1) is 32.0. The molecule has 0 aromatic heterocycles. The minimum absolute atomic E-state index is 0.0253. The van der Waals surface area contributed by atoms with E-state index in [4.69, 9.17) is 17.2 Å². The number of carbonyl (C=O) groups excluding carboxylic acids is 11. The molecule has 11 amide bonds. The van der Waals surface area contributed by atoms with Crippen LogP contribution in [0.4, 0.5) is 0 Å². The van der Waals surface area contributed by atoms with Gasteiger partial charge in [0.25, 0.3) is 0 Å². The number of amides is 11. The molecule has 0 spiro atoms. The first-order valence-corrected chi connectivity index (χ1v) is 24.8. The average molecular weight is 992 g/mol. The van der Waals surface area contributed by atoms with E-state index in [1.807, 2.05) is 13.8 Å². The topological polar surface area (TPSA) is 374 Å². The van der Waals surface area contributed by atoms with Crippen LogP contribution in [0.5, 0.6) is 5.75 Å². The van der Waals surface area contributed by atoms with Crippen molar-refractivity contribution in [1.82, 2.24) is 42.1 Å². The molecule has 0 aliphatic carbocycles. The summed E-state index contributed by atoms with van der Waals surface area (Å²) in [5, 5.41) is 27.8. The molecule has 25 heteroatoms. The van der Waals surface area contributed by atoms with Gasteiger partial charge in [-0.15, -0.1) is 0 Å². The van der Waals surface area contributed by atoms with Crippen molar-refractivity contribution in [1.29, 1.82) is 0 Å². The molecule has 1 aromatic rings. The molecule has 2 aliphatic heterocycles. The lowest BCUT2D eigenvalue weighted by Crippen LogP contribution is -2.61. The summed E-state index contributed by atoms with van der Waals surface area (Å²) in [6.07, 6.45) is -0.927. The van der Waals surface area contributed by atoms with Crippen molar-refractivity contribution in [3.05, 3.63) is 29.8 Å². The van der Waals surface area contributed by atoms with Gasteiger partial charge in [-0.05, 0) is 61.6 Å². The lowest BCUT2D eigenvalue weighted by atomic mass is 10.00. The molecule has 23 nitrogen and oxygen atoms in total. The monoisotopic (exact) mass is 991 g/mol. The molecule has 2 heterocycles. The number of benzene rings is 1. The number of carbonyl (C=O) groups is 11. The van der Waals surface area contributed by atoms with Crippen molar-refractivity contribution in [3.63, 3.8) is 0 Å². The molecular formula is C43H65N11O12S2. The van der Waals surface area contributed by atoms with Crippen LogP contribution >= 0.6 is 21.6 Å². The van der Waals surface area contributed by atoms with Crippen molar-refractivity contribution in [2.45, 2.75) is 128 Å². The zero-order valence-electron chi connectivity index (χ0n) is 38.6. The summed E-state index contributed by atoms with van der Waals surface area (Å²) in [4.78, 5) is 147. The zero-order chi connectivity index (χ0) is 50.7. The van der Waals surface area contributed by atoms with Gasteiger partial charge in [-0.1, -0.05) is 61.4 Å². The summed E-state index contributed by atoms with van der Waals surface area (Å²) < 4.78 is 0. The number of primary amides is 3. The van der Waals surface area contributed by atoms with Gasteiger partial charge < -0.3 is 64.4 Å². The highest BCUT2D eigenvalue weighted by Crippen LogP contribution is 2.26. The standard InChI is InChI=1S/C43H65N11O12S2/c1-22(2)16-27(37(60)47-20-35(46)58)52-42(65)32-6-5-14-54(32)43(66)31-21-68-67-15-13-36(59)48-29(18-24-7-9-25(55)10-8-24)40(63)50-28(17-23(3)4)39(62)49-26(11-12-33(44)56)38(61)51-30(19-34(45)57)41(64)53-31/h7-10,22-23,26-32,55H,5-6,11-21H2,1-4H3,(H2,44,56)(H2,45,57)(H2,46,58)(H,47,60)(H,48,59)(H,49,62)(H,50,63)(H,51,61)(H,52,65)(H,53,64)/t26-,27-,28-,29-,30-,31-,32-/m0/s1. The molecular weight excluding hydrogens is 927 g/mol. The number of nitrogens with two attached hydrogens (primary N) is 3. The van der Waals surface area contributed by atoms with Crippen LogP contribution in [0.2, 0.25) is 0 Å². The van der Waals surface area contributed by atoms with Crippen molar-refractivity contribution in [2.24, 2.45) is 29.0 Å². The first kappa shape index (κ1) is 56.2. The van der Waals surface area contributed by atoms with E-state index in [9.17, 15) is 57.8 Å². The highest BCUT2D eigenvalue weighted by atomic mass is 33.1. The van der Waals surface area contributed by atoms with Gasteiger partial charge in [-0.3, -0.25) is 52.7 Å². The van der Waals surface area contributed by atoms with Crippen molar-refractivity contribution in [2.75, 3.05) is 24.6 Å². The maximum absolute atomic E-state index is 14.4. The quantitative estimate of drug-likeness (QED) is 0.0717. The fourth-order valence-electron chi connectivity index (χ4n) is 7.36. The molecule has 0 unspecified atom stereocenters. The Labute approximate surface area is 402 Å². The number of likely N-dealkylation sites (tertiary alicyclic amines) is 1. The van der Waals surface area contributed by atoms with Crippen LogP contribution < -0.4 is 54.4 Å². The molecule has 7 atom stereocenters. The number of rotatable bonds is 17. The Morgan fingerprint density at radius 2 is 1.38 bits per heavy atom. The SMILES string of the molecule is CC(C)C[C@@H]1NC(=O)[C@H](Cc2ccc(O)cc2)NC(=O)CCSSC[C@@H](C(=O)N2CCC[C@H]2C(=O)N[C@@H](CC(C)C)C(=O)NCC(N)=O)NC(=O)[C@H](CC(N)=O)NC(=O)[C@H](CCC(N)=O)NC1=O. The number of nitrogens with zero attached hydrogens (tertiary/aromatic N) is 1. The predicted molar refractivity (Wildman–Crippen MR) is 251 cm³/mol. The van der Waals surface area contributed by atoms with E-state index in [-0.39, 0.29) is 74.2 Å². The first-order valence-electron chi connectivity index (χ1n) is 22.3. The minimum atomic E-state index is -1.73. The molecule has 0 saturated carbocycles. The van der Waals surface area contributed by atoms with Gasteiger partial charge in [0.05, 0.1) is 13.0 Å². The second-order valence-corrected chi connectivity index (χ2v) is 20.1. The third-order valence-corrected chi connectivity index (χ3v) is 13.1. The van der Waals surface area contributed by atoms with Crippen molar-refractivity contribution >= 4 is 86.6 Å². The van der Waals surface area contributed by atoms with Gasteiger partial charge in [-0.2, -0.15) is 0 Å². The molecule has 376 valence electrons. The second kappa shape index (κ2) is 27.6. The van der Waals surface area contributed by atoms with Crippen LogP contribution in [-0.2, 0) is 59.2 Å². The van der Waals surface area contributed by atoms with Crippen LogP contribution in [0.15, 0.2) is 24.3 Å². The van der Waals surface area contributed by atoms with Crippen LogP contribution in [-0.4, -0.2) is 142 Å². The third-order valence-electron chi connectivity index (χ3n) is 10.7. The van der Waals surface area contributed by atoms with Crippen LogP contribution in [0, 0.1) is 11.8 Å². The van der Waals surface area contributed by atoms with E-state index in [2.05, 4.69) is 37.2 Å². The Balaban J connectivity index is 2.01. The fourth-order valence-corrected chi connectivity index (χ4v) is 9.50. The smallest absolute Gasteiger partial charge is 0.246 e. The summed E-state index contributed by atoms with van der Waals surface area (Å²) in [6, 6.07) is -3.42. The fraction of sp³-hybridized carbons (Fsp3) is 0.605. The van der Waals surface area contributed by atoms with E-state index in [0.717, 1.165) is 21.6 Å². The molecule has 0 bridgehead atoms. The molecule has 14 N–H and O–H groups in total. The van der Waals surface area contributed by atoms with E-state index in [1.165, 1.54) is 17.0 Å². The van der Waals surface area contributed by atoms with Crippen LogP contribution in [0.25, 0.3) is 0 Å². The number of nitrogens with one attached hydrogen (secondary N) is 7. The maximum Gasteiger partial charge on any atom is 0.246 e. The minimum Gasteiger partial charge on any atom is -0.508 e. The summed E-state index contributed by atoms with van der Waals surface area (Å²) in [5.74, 6) is -9.23. The summed E-state index contributed by atoms with van der Waals surface area (Å²) in [6.45, 7) is 6.82. The van der Waals surface area contributed by atoms with Gasteiger partial charge in [-0.25, -0.2) is 0 Å². The van der Waals surface area contributed by atoms with E-state index in [0.29, 0.717) is 12.0 Å². The summed E-state index contributed by atoms with van der Waals surface area (Å²) in [7, 11) is 2.24. The number of hydrogen-bond acceptors (Lipinski definition) is 14. The van der Waals surface area contributed by atoms with Crippen LogP contribution in [0.1, 0.15) is 84.6 Å². The summed E-state index contributed by atoms with van der Waals surface area (Å²) in [5.41, 5.74) is 16.7. The predicted octanol–water partition coefficient (Wildman–Crippen LogP) is -2.55. The van der Waals surface area contributed by atoms with Gasteiger partial charge in [0.2, 0.25) is 65.0 Å². The Morgan fingerprint density at radius 3 is 2.00 bits per heavy atom. The average Bonchev–Trinajstić information content (AvgIpc) is 3.75. The Bertz CT molecular complexity index is 2010. The van der Waals surface area contributed by atoms with E-state index >= 15 is 0 Å². The Hall–Kier alpha value is -6.11. The van der Waals surface area contributed by atoms with Gasteiger partial charge >= 0.3 is 0 Å². The highest BCUT2D eigenvalue weighted by Gasteiger charge is 2.40. The Morgan fingerprint density at radius 1 is 0.765 bits per heavy atom. The molecule has 1 aromatic carbocycles. The zero-order valence-corrected chi connectivity index (χ0v) is 40.3. The Kier molecular flexibility index (Phi) is 22.9. The summed E-state index contributed by atoms with van der Waals surface area (Å²) >= 11 is 0. The second-order valence-electron chi connectivity index (χ2n) is 17.5. The van der Waals surface area contributed by atoms with Gasteiger partial charge in [0.1, 0.15) is 48.0 Å². The number of phenolic OH excluding ortho intramolecular Hbond substituents is 1. The van der Waals surface area contributed by atoms with Crippen molar-refractivity contribution in [3.8, 4) is 5.75 Å². The molecule has 0 radical (unpaired) electrons. The molecule has 2 saturated heterocycles. The van der Waals surface area contributed by atoms with Crippen LogP contribution in [0.3, 0.4) is 0 Å². The number of hydrogen-bond donors (Lipinski definition) is 11. The molecule has 3 rings (SSSR count). The third kappa shape index (κ3) is 19.2. The lowest BCUT2D eigenvalue weighted by molar-refractivity contribution is -0.142. The maximum atomic E-state index is 14.4. The number of phenols is 1. The van der Waals surface area contributed by atoms with Crippen molar-refractivity contribution < 1.29 is 57.8 Å². The molecule has 68 heavy (non-hydrogen) atoms. The molecule has 2 fully saturated rings. The highest BCUT2D eigenvalue weighted by molar-refractivity contribution is 8.76. The van der Waals surface area contributed by atoms with E-state index < -0.39 is 127 Å². The normalized spacial score (nSPS) is 23.0. The van der Waals surface area contributed by atoms with Gasteiger partial charge in [0, 0.05) is 37.3 Å². The number of aromatic hydroxyl groups is 1.